The van der Waals surface area contributed by atoms with Crippen LogP contribution in [0, 0.1) is 13.8 Å². The zero-order valence-corrected chi connectivity index (χ0v) is 15.6. The van der Waals surface area contributed by atoms with E-state index in [0.717, 1.165) is 30.1 Å². The molecule has 2 aromatic rings. The van der Waals surface area contributed by atoms with Crippen molar-refractivity contribution in [3.8, 4) is 5.75 Å². The van der Waals surface area contributed by atoms with E-state index >= 15 is 0 Å². The minimum Gasteiger partial charge on any atom is -0.488 e. The first-order chi connectivity index (χ1) is 12.5. The molecule has 1 saturated carbocycles. The predicted octanol–water partition coefficient (Wildman–Crippen LogP) is 2.61. The van der Waals surface area contributed by atoms with E-state index in [4.69, 9.17) is 4.74 Å². The fraction of sp³-hybridized carbons (Fsp3) is 0.500. The molecule has 26 heavy (non-hydrogen) atoms. The number of nitrogens with one attached hydrogen (secondary N) is 1. The van der Waals surface area contributed by atoms with Crippen LogP contribution in [0.2, 0.25) is 0 Å². The first-order valence-electron chi connectivity index (χ1n) is 9.26. The molecule has 1 aliphatic carbocycles. The molecule has 1 aliphatic rings. The third-order valence-electron chi connectivity index (χ3n) is 4.95. The number of aliphatic hydroxyl groups is 1. The molecule has 3 rings (SSSR count). The summed E-state index contributed by atoms with van der Waals surface area (Å²) in [4.78, 5) is 12.8. The molecule has 3 atom stereocenters. The molecule has 0 unspecified atom stereocenters. The fourth-order valence-electron chi connectivity index (χ4n) is 3.60. The molecule has 2 N–H and O–H groups in total. The van der Waals surface area contributed by atoms with Crippen LogP contribution in [0.15, 0.2) is 30.3 Å². The number of aryl methyl sites for hydroxylation is 2. The summed E-state index contributed by atoms with van der Waals surface area (Å²) < 4.78 is 7.74. The van der Waals surface area contributed by atoms with Crippen molar-refractivity contribution in [2.75, 3.05) is 0 Å². The van der Waals surface area contributed by atoms with Gasteiger partial charge in [-0.2, -0.15) is 5.10 Å². The van der Waals surface area contributed by atoms with Gasteiger partial charge in [0.1, 0.15) is 18.0 Å². The van der Waals surface area contributed by atoms with E-state index in [0.29, 0.717) is 18.4 Å². The quantitative estimate of drug-likeness (QED) is 0.833. The lowest BCUT2D eigenvalue weighted by atomic mass is 10.1. The first kappa shape index (κ1) is 18.5. The average molecular weight is 357 g/mol. The number of amides is 1. The number of hydrogen-bond donors (Lipinski definition) is 2. The van der Waals surface area contributed by atoms with Crippen LogP contribution in [0.1, 0.15) is 47.9 Å². The zero-order valence-electron chi connectivity index (χ0n) is 15.6. The van der Waals surface area contributed by atoms with E-state index in [-0.39, 0.29) is 18.1 Å². The summed E-state index contributed by atoms with van der Waals surface area (Å²) in [5.41, 5.74) is 2.20. The van der Waals surface area contributed by atoms with Gasteiger partial charge in [-0.05, 0) is 45.2 Å². The van der Waals surface area contributed by atoms with E-state index in [1.807, 2.05) is 48.9 Å². The maximum absolute atomic E-state index is 12.8. The summed E-state index contributed by atoms with van der Waals surface area (Å²) in [6, 6.07) is 9.14. The topological polar surface area (TPSA) is 76.4 Å². The number of carbonyl (C=O) groups is 1. The van der Waals surface area contributed by atoms with Crippen molar-refractivity contribution < 1.29 is 14.6 Å². The Morgan fingerprint density at radius 3 is 2.73 bits per heavy atom. The van der Waals surface area contributed by atoms with Crippen molar-refractivity contribution >= 4 is 5.91 Å². The number of aliphatic hydroxyl groups excluding tert-OH is 1. The normalized spacial score (nSPS) is 22.4. The highest BCUT2D eigenvalue weighted by atomic mass is 16.5. The van der Waals surface area contributed by atoms with Crippen molar-refractivity contribution in [1.29, 1.82) is 0 Å². The van der Waals surface area contributed by atoms with Gasteiger partial charge in [-0.15, -0.1) is 0 Å². The third-order valence-corrected chi connectivity index (χ3v) is 4.95. The van der Waals surface area contributed by atoms with Crippen molar-refractivity contribution in [3.05, 3.63) is 47.3 Å². The molecule has 0 saturated heterocycles. The molecule has 1 aromatic carbocycles. The summed E-state index contributed by atoms with van der Waals surface area (Å²) in [7, 11) is 0. The second-order valence-corrected chi connectivity index (χ2v) is 6.89. The highest BCUT2D eigenvalue weighted by Gasteiger charge is 2.38. The zero-order chi connectivity index (χ0) is 18.7. The monoisotopic (exact) mass is 357 g/mol. The lowest BCUT2D eigenvalue weighted by Crippen LogP contribution is -2.44. The van der Waals surface area contributed by atoms with Crippen molar-refractivity contribution in [1.82, 2.24) is 15.1 Å². The molecule has 140 valence electrons. The molecule has 0 aliphatic heterocycles. The Bertz CT molecular complexity index is 757. The van der Waals surface area contributed by atoms with E-state index in [1.54, 1.807) is 0 Å². The molecule has 1 amide bonds. The molecular formula is C20H27N3O3. The van der Waals surface area contributed by atoms with Gasteiger partial charge in [-0.1, -0.05) is 25.1 Å². The van der Waals surface area contributed by atoms with Crippen LogP contribution in [0.5, 0.6) is 5.75 Å². The van der Waals surface area contributed by atoms with Crippen LogP contribution < -0.4 is 10.1 Å². The predicted molar refractivity (Wildman–Crippen MR) is 99.3 cm³/mol. The van der Waals surface area contributed by atoms with Gasteiger partial charge in [0, 0.05) is 12.2 Å². The Labute approximate surface area is 154 Å². The Morgan fingerprint density at radius 2 is 2.04 bits per heavy atom. The molecule has 1 heterocycles. The van der Waals surface area contributed by atoms with Gasteiger partial charge < -0.3 is 15.2 Å². The number of rotatable bonds is 6. The highest BCUT2D eigenvalue weighted by molar-refractivity contribution is 5.96. The summed E-state index contributed by atoms with van der Waals surface area (Å²) >= 11 is 0. The van der Waals surface area contributed by atoms with Crippen LogP contribution in [0.3, 0.4) is 0 Å². The van der Waals surface area contributed by atoms with Crippen LogP contribution in [-0.4, -0.2) is 39.0 Å². The maximum atomic E-state index is 12.8. The molecule has 6 heteroatoms. The number of ether oxygens (including phenoxy) is 1. The fourth-order valence-corrected chi connectivity index (χ4v) is 3.60. The first-order valence-corrected chi connectivity index (χ1v) is 9.26. The Hall–Kier alpha value is -2.34. The standard InChI is InChI=1S/C20H27N3O3/c1-4-12-23-14(3)18(13(2)22-23)20(25)21-16-10-11-17(19(16)24)26-15-8-6-5-7-9-15/h5-9,16-17,19,24H,4,10-12H2,1-3H3,(H,21,25)/t16-,17-,19-/m1/s1. The van der Waals surface area contributed by atoms with E-state index < -0.39 is 6.10 Å². The van der Waals surface area contributed by atoms with Crippen LogP contribution in [0.25, 0.3) is 0 Å². The van der Waals surface area contributed by atoms with Crippen LogP contribution in [-0.2, 0) is 6.54 Å². The second kappa shape index (κ2) is 7.91. The van der Waals surface area contributed by atoms with Gasteiger partial charge in [0.15, 0.2) is 0 Å². The van der Waals surface area contributed by atoms with Gasteiger partial charge in [0.25, 0.3) is 5.91 Å². The van der Waals surface area contributed by atoms with E-state index in [2.05, 4.69) is 17.3 Å². The van der Waals surface area contributed by atoms with E-state index in [9.17, 15) is 9.90 Å². The summed E-state index contributed by atoms with van der Waals surface area (Å²) in [5, 5.41) is 18.0. The summed E-state index contributed by atoms with van der Waals surface area (Å²) in [5.74, 6) is 0.558. The molecule has 0 bridgehead atoms. The Kier molecular flexibility index (Phi) is 5.61. The lowest BCUT2D eigenvalue weighted by Gasteiger charge is -2.21. The van der Waals surface area contributed by atoms with E-state index in [1.165, 1.54) is 0 Å². The second-order valence-electron chi connectivity index (χ2n) is 6.89. The molecule has 6 nitrogen and oxygen atoms in total. The van der Waals surface area contributed by atoms with Gasteiger partial charge in [0.05, 0.1) is 17.3 Å². The number of benzene rings is 1. The smallest absolute Gasteiger partial charge is 0.255 e. The number of aromatic nitrogens is 2. The Balaban J connectivity index is 1.65. The SMILES string of the molecule is CCCn1nc(C)c(C(=O)N[C@@H]2CC[C@@H](Oc3ccccc3)[C@@H]2O)c1C. The minimum absolute atomic E-state index is 0.174. The summed E-state index contributed by atoms with van der Waals surface area (Å²) in [6.45, 7) is 6.63. The summed E-state index contributed by atoms with van der Waals surface area (Å²) in [6.07, 6.45) is 1.31. The maximum Gasteiger partial charge on any atom is 0.255 e. The van der Waals surface area contributed by atoms with Crippen molar-refractivity contribution in [2.24, 2.45) is 0 Å². The third kappa shape index (κ3) is 3.75. The van der Waals surface area contributed by atoms with Gasteiger partial charge in [-0.3, -0.25) is 9.48 Å². The van der Waals surface area contributed by atoms with Crippen molar-refractivity contribution in [2.45, 2.75) is 64.8 Å². The number of para-hydroxylation sites is 1. The van der Waals surface area contributed by atoms with Gasteiger partial charge >= 0.3 is 0 Å². The lowest BCUT2D eigenvalue weighted by molar-refractivity contribution is 0.0434. The number of carbonyl (C=O) groups excluding carboxylic acids is 1. The Morgan fingerprint density at radius 1 is 1.31 bits per heavy atom. The molecular weight excluding hydrogens is 330 g/mol. The highest BCUT2D eigenvalue weighted by Crippen LogP contribution is 2.26. The van der Waals surface area contributed by atoms with Gasteiger partial charge in [-0.25, -0.2) is 0 Å². The molecule has 1 fully saturated rings. The molecule has 0 radical (unpaired) electrons. The average Bonchev–Trinajstić information content (AvgIpc) is 3.09. The van der Waals surface area contributed by atoms with Crippen LogP contribution in [0.4, 0.5) is 0 Å². The van der Waals surface area contributed by atoms with Crippen molar-refractivity contribution in [3.63, 3.8) is 0 Å². The number of hydrogen-bond acceptors (Lipinski definition) is 4. The number of nitrogens with zero attached hydrogens (tertiary/aromatic N) is 2. The molecule has 0 spiro atoms. The minimum atomic E-state index is -0.731. The largest absolute Gasteiger partial charge is 0.488 e. The van der Waals surface area contributed by atoms with Crippen LogP contribution >= 0.6 is 0 Å². The van der Waals surface area contributed by atoms with Gasteiger partial charge in [0.2, 0.25) is 0 Å². The molecule has 1 aromatic heterocycles.